The van der Waals surface area contributed by atoms with E-state index in [-0.39, 0.29) is 6.54 Å². The number of halogens is 2. The van der Waals surface area contributed by atoms with Crippen molar-refractivity contribution in [2.45, 2.75) is 6.92 Å². The molecule has 3 nitrogen and oxygen atoms in total. The van der Waals surface area contributed by atoms with Crippen LogP contribution in [0, 0.1) is 0 Å². The number of hydrogen-bond donors (Lipinski definition) is 1. The molecule has 0 aliphatic heterocycles. The van der Waals surface area contributed by atoms with Gasteiger partial charge in [0.1, 0.15) is 19.0 Å². The second-order valence-electron chi connectivity index (χ2n) is 3.30. The highest BCUT2D eigenvalue weighted by Gasteiger charge is 2.04. The average Bonchev–Trinajstić information content (AvgIpc) is 2.34. The van der Waals surface area contributed by atoms with E-state index in [0.717, 1.165) is 0 Å². The molecule has 17 heavy (non-hydrogen) atoms. The van der Waals surface area contributed by atoms with E-state index in [9.17, 15) is 4.39 Å². The Bertz CT molecular complexity index is 336. The first-order valence-corrected chi connectivity index (χ1v) is 5.95. The second kappa shape index (κ2) is 8.14. The first kappa shape index (κ1) is 14.1. The SMILES string of the molecule is CCOCCOc1ccc(Cl)cc1NCCF. The van der Waals surface area contributed by atoms with E-state index >= 15 is 0 Å². The van der Waals surface area contributed by atoms with Crippen LogP contribution in [0.15, 0.2) is 18.2 Å². The lowest BCUT2D eigenvalue weighted by Gasteiger charge is -2.12. The van der Waals surface area contributed by atoms with Crippen LogP contribution in [0.5, 0.6) is 5.75 Å². The lowest BCUT2D eigenvalue weighted by atomic mass is 10.3. The predicted octanol–water partition coefficient (Wildman–Crippen LogP) is 3.14. The molecule has 0 saturated carbocycles. The average molecular weight is 262 g/mol. The van der Waals surface area contributed by atoms with E-state index in [0.29, 0.717) is 36.3 Å². The van der Waals surface area contributed by atoms with Crippen molar-refractivity contribution in [3.05, 3.63) is 23.2 Å². The van der Waals surface area contributed by atoms with Crippen LogP contribution in [-0.2, 0) is 4.74 Å². The molecular formula is C12H17ClFNO2. The van der Waals surface area contributed by atoms with E-state index in [4.69, 9.17) is 21.1 Å². The van der Waals surface area contributed by atoms with Crippen LogP contribution in [0.4, 0.5) is 10.1 Å². The first-order chi connectivity index (χ1) is 8.27. The van der Waals surface area contributed by atoms with Crippen molar-refractivity contribution in [1.29, 1.82) is 0 Å². The summed E-state index contributed by atoms with van der Waals surface area (Å²) >= 11 is 5.87. The topological polar surface area (TPSA) is 30.5 Å². The quantitative estimate of drug-likeness (QED) is 0.730. The number of alkyl halides is 1. The Morgan fingerprint density at radius 2 is 2.18 bits per heavy atom. The smallest absolute Gasteiger partial charge is 0.142 e. The third-order valence-electron chi connectivity index (χ3n) is 2.04. The molecule has 0 heterocycles. The van der Waals surface area contributed by atoms with Gasteiger partial charge in [-0.3, -0.25) is 0 Å². The van der Waals surface area contributed by atoms with E-state index in [1.54, 1.807) is 18.2 Å². The summed E-state index contributed by atoms with van der Waals surface area (Å²) in [6.45, 7) is 3.38. The molecule has 5 heteroatoms. The largest absolute Gasteiger partial charge is 0.489 e. The maximum Gasteiger partial charge on any atom is 0.142 e. The van der Waals surface area contributed by atoms with Gasteiger partial charge in [0.05, 0.1) is 12.3 Å². The maximum absolute atomic E-state index is 12.1. The van der Waals surface area contributed by atoms with Gasteiger partial charge < -0.3 is 14.8 Å². The molecule has 0 aromatic heterocycles. The predicted molar refractivity (Wildman–Crippen MR) is 67.9 cm³/mol. The molecule has 0 saturated heterocycles. The highest BCUT2D eigenvalue weighted by atomic mass is 35.5. The molecule has 1 rings (SSSR count). The Kier molecular flexibility index (Phi) is 6.74. The standard InChI is InChI=1S/C12H17ClFNO2/c1-2-16-7-8-17-12-4-3-10(13)9-11(12)15-6-5-14/h3-4,9,15H,2,5-8H2,1H3. The Labute approximate surface area is 106 Å². The zero-order chi connectivity index (χ0) is 12.5. The van der Waals surface area contributed by atoms with Gasteiger partial charge in [-0.05, 0) is 25.1 Å². The number of rotatable bonds is 8. The van der Waals surface area contributed by atoms with Crippen molar-refractivity contribution < 1.29 is 13.9 Å². The van der Waals surface area contributed by atoms with Gasteiger partial charge >= 0.3 is 0 Å². The van der Waals surface area contributed by atoms with E-state index in [2.05, 4.69) is 5.32 Å². The van der Waals surface area contributed by atoms with Crippen LogP contribution in [0.25, 0.3) is 0 Å². The van der Waals surface area contributed by atoms with Crippen molar-refractivity contribution >= 4 is 17.3 Å². The highest BCUT2D eigenvalue weighted by molar-refractivity contribution is 6.30. The van der Waals surface area contributed by atoms with Crippen LogP contribution in [-0.4, -0.2) is 33.0 Å². The summed E-state index contributed by atoms with van der Waals surface area (Å²) in [5.41, 5.74) is 0.701. The Hall–Kier alpha value is -1.00. The monoisotopic (exact) mass is 261 g/mol. The lowest BCUT2D eigenvalue weighted by molar-refractivity contribution is 0.110. The zero-order valence-corrected chi connectivity index (χ0v) is 10.6. The van der Waals surface area contributed by atoms with E-state index in [1.165, 1.54) is 0 Å². The van der Waals surface area contributed by atoms with E-state index in [1.807, 2.05) is 6.92 Å². The molecule has 0 bridgehead atoms. The van der Waals surface area contributed by atoms with Gasteiger partial charge in [0.15, 0.2) is 0 Å². The van der Waals surface area contributed by atoms with Crippen LogP contribution in [0.1, 0.15) is 6.92 Å². The summed E-state index contributed by atoms with van der Waals surface area (Å²) in [6, 6.07) is 5.21. The molecule has 96 valence electrons. The fourth-order valence-electron chi connectivity index (χ4n) is 1.30. The molecule has 1 N–H and O–H groups in total. The molecule has 0 aliphatic rings. The summed E-state index contributed by atoms with van der Waals surface area (Å²) in [7, 11) is 0. The van der Waals surface area contributed by atoms with Crippen LogP contribution in [0.2, 0.25) is 5.02 Å². The number of anilines is 1. The van der Waals surface area contributed by atoms with Crippen molar-refractivity contribution in [3.8, 4) is 5.75 Å². The molecule has 0 amide bonds. The van der Waals surface area contributed by atoms with Crippen LogP contribution < -0.4 is 10.1 Å². The van der Waals surface area contributed by atoms with Crippen LogP contribution in [0.3, 0.4) is 0 Å². The third kappa shape index (κ3) is 5.24. The molecule has 0 radical (unpaired) electrons. The molecule has 1 aromatic carbocycles. The Morgan fingerprint density at radius 1 is 1.35 bits per heavy atom. The van der Waals surface area contributed by atoms with Crippen molar-refractivity contribution in [2.24, 2.45) is 0 Å². The normalized spacial score (nSPS) is 10.3. The summed E-state index contributed by atoms with van der Waals surface area (Å²) in [5.74, 6) is 0.655. The van der Waals surface area contributed by atoms with Crippen molar-refractivity contribution in [1.82, 2.24) is 0 Å². The number of benzene rings is 1. The van der Waals surface area contributed by atoms with Gasteiger partial charge in [-0.2, -0.15) is 0 Å². The van der Waals surface area contributed by atoms with Crippen molar-refractivity contribution in [3.63, 3.8) is 0 Å². The number of ether oxygens (including phenoxy) is 2. The lowest BCUT2D eigenvalue weighted by Crippen LogP contribution is -2.09. The number of hydrogen-bond acceptors (Lipinski definition) is 3. The van der Waals surface area contributed by atoms with Gasteiger partial charge in [-0.25, -0.2) is 4.39 Å². The summed E-state index contributed by atoms with van der Waals surface area (Å²) < 4.78 is 22.8. The molecule has 0 spiro atoms. The van der Waals surface area contributed by atoms with Gasteiger partial charge in [-0.15, -0.1) is 0 Å². The summed E-state index contributed by atoms with van der Waals surface area (Å²) in [6.07, 6.45) is 0. The molecule has 1 aromatic rings. The maximum atomic E-state index is 12.1. The summed E-state index contributed by atoms with van der Waals surface area (Å²) in [5, 5.41) is 3.51. The van der Waals surface area contributed by atoms with Crippen molar-refractivity contribution in [2.75, 3.05) is 38.4 Å². The first-order valence-electron chi connectivity index (χ1n) is 5.58. The molecule has 0 unspecified atom stereocenters. The Balaban J connectivity index is 2.55. The minimum Gasteiger partial charge on any atom is -0.489 e. The fraction of sp³-hybridized carbons (Fsp3) is 0.500. The minimum absolute atomic E-state index is 0.238. The highest BCUT2D eigenvalue weighted by Crippen LogP contribution is 2.27. The fourth-order valence-corrected chi connectivity index (χ4v) is 1.48. The molecule has 0 aliphatic carbocycles. The summed E-state index contributed by atoms with van der Waals surface area (Å²) in [4.78, 5) is 0. The molecule has 0 atom stereocenters. The molecular weight excluding hydrogens is 245 g/mol. The number of nitrogens with one attached hydrogen (secondary N) is 1. The zero-order valence-electron chi connectivity index (χ0n) is 9.84. The van der Waals surface area contributed by atoms with Gasteiger partial charge in [0, 0.05) is 18.2 Å². The van der Waals surface area contributed by atoms with Gasteiger partial charge in [0.25, 0.3) is 0 Å². The minimum atomic E-state index is -0.440. The second-order valence-corrected chi connectivity index (χ2v) is 3.74. The van der Waals surface area contributed by atoms with Crippen LogP contribution >= 0.6 is 11.6 Å². The van der Waals surface area contributed by atoms with E-state index < -0.39 is 6.67 Å². The Morgan fingerprint density at radius 3 is 2.88 bits per heavy atom. The third-order valence-corrected chi connectivity index (χ3v) is 2.28. The molecule has 0 fully saturated rings. The van der Waals surface area contributed by atoms with Gasteiger partial charge in [-0.1, -0.05) is 11.6 Å². The van der Waals surface area contributed by atoms with Gasteiger partial charge in [0.2, 0.25) is 0 Å².